The van der Waals surface area contributed by atoms with E-state index in [1.807, 2.05) is 0 Å². The van der Waals surface area contributed by atoms with Gasteiger partial charge in [-0.05, 0) is 42.5 Å². The lowest BCUT2D eigenvalue weighted by atomic mass is 10.2. The summed E-state index contributed by atoms with van der Waals surface area (Å²) in [6.45, 7) is -0.314. The molecular formula is C24H27N7O8S2. The van der Waals surface area contributed by atoms with Crippen molar-refractivity contribution in [1.29, 1.82) is 0 Å². The number of sulfone groups is 1. The third-order valence-corrected chi connectivity index (χ3v) is 7.97. The summed E-state index contributed by atoms with van der Waals surface area (Å²) < 4.78 is 61.8. The number of hydrogen-bond donors (Lipinski definition) is 5. The van der Waals surface area contributed by atoms with E-state index in [0.717, 1.165) is 6.07 Å². The van der Waals surface area contributed by atoms with E-state index in [1.54, 1.807) is 36.4 Å². The fourth-order valence-electron chi connectivity index (χ4n) is 3.36. The van der Waals surface area contributed by atoms with Crippen molar-refractivity contribution in [3.8, 4) is 0 Å². The Morgan fingerprint density at radius 2 is 1.56 bits per heavy atom. The molecule has 0 amide bonds. The monoisotopic (exact) mass is 605 g/mol. The van der Waals surface area contributed by atoms with Gasteiger partial charge in [0.1, 0.15) is 22.0 Å². The van der Waals surface area contributed by atoms with Crippen molar-refractivity contribution in [3.63, 3.8) is 0 Å². The number of benzene rings is 3. The summed E-state index contributed by atoms with van der Waals surface area (Å²) in [7, 11) is -7.01. The van der Waals surface area contributed by atoms with E-state index in [2.05, 4.69) is 25.8 Å². The van der Waals surface area contributed by atoms with E-state index < -0.39 is 43.1 Å². The minimum atomic E-state index is -4.84. The molecule has 3 aromatic rings. The fourth-order valence-corrected chi connectivity index (χ4v) is 4.89. The first-order valence-electron chi connectivity index (χ1n) is 11.7. The van der Waals surface area contributed by atoms with Gasteiger partial charge in [0.15, 0.2) is 9.84 Å². The summed E-state index contributed by atoms with van der Waals surface area (Å²) >= 11 is 0. The molecule has 0 bridgehead atoms. The summed E-state index contributed by atoms with van der Waals surface area (Å²) in [5.41, 5.74) is 11.9. The van der Waals surface area contributed by atoms with Crippen LogP contribution in [-0.2, 0) is 24.7 Å². The van der Waals surface area contributed by atoms with Crippen LogP contribution in [0.5, 0.6) is 0 Å². The molecule has 41 heavy (non-hydrogen) atoms. The minimum absolute atomic E-state index is 0.0754. The Hall–Kier alpha value is -4.45. The number of rotatable bonds is 12. The first-order valence-corrected chi connectivity index (χ1v) is 15.0. The average molecular weight is 606 g/mol. The molecule has 0 atom stereocenters. The lowest BCUT2D eigenvalue weighted by molar-refractivity contribution is 0.0601. The number of ether oxygens (including phenoxy) is 1. The Bertz CT molecular complexity index is 1690. The van der Waals surface area contributed by atoms with Crippen molar-refractivity contribution >= 4 is 65.7 Å². The molecule has 0 aliphatic rings. The van der Waals surface area contributed by atoms with Crippen LogP contribution in [0.1, 0.15) is 10.4 Å². The van der Waals surface area contributed by atoms with E-state index in [-0.39, 0.29) is 46.4 Å². The lowest BCUT2D eigenvalue weighted by Gasteiger charge is -2.11. The molecule has 0 saturated heterocycles. The number of aliphatic hydroxyl groups is 1. The Morgan fingerprint density at radius 3 is 2.20 bits per heavy atom. The third kappa shape index (κ3) is 8.27. The van der Waals surface area contributed by atoms with E-state index in [0.29, 0.717) is 11.4 Å². The number of aliphatic hydroxyl groups excluding tert-OH is 1. The number of carbonyl (C=O) groups is 1. The van der Waals surface area contributed by atoms with Gasteiger partial charge in [-0.25, -0.2) is 13.2 Å². The maximum atomic E-state index is 12.0. The molecule has 3 aromatic carbocycles. The largest absolute Gasteiger partial charge is 0.465 e. The van der Waals surface area contributed by atoms with Crippen molar-refractivity contribution in [3.05, 3.63) is 60.2 Å². The SMILES string of the molecule is COC(=O)c1ccccc1/N=N/c1c(N)c(/N=N/c2ccc(NCCS(=O)(=O)CCO)cc2)cc(S(=O)(=O)O)c1N. The van der Waals surface area contributed by atoms with Crippen molar-refractivity contribution in [1.82, 2.24) is 0 Å². The smallest absolute Gasteiger partial charge is 0.340 e. The highest BCUT2D eigenvalue weighted by Crippen LogP contribution is 2.43. The van der Waals surface area contributed by atoms with Crippen LogP contribution in [0.2, 0.25) is 0 Å². The highest BCUT2D eigenvalue weighted by Gasteiger charge is 2.22. The highest BCUT2D eigenvalue weighted by molar-refractivity contribution is 7.91. The van der Waals surface area contributed by atoms with Gasteiger partial charge >= 0.3 is 5.97 Å². The maximum Gasteiger partial charge on any atom is 0.340 e. The van der Waals surface area contributed by atoms with Gasteiger partial charge in [-0.15, -0.1) is 15.3 Å². The number of anilines is 3. The summed E-state index contributed by atoms with van der Waals surface area (Å²) in [5, 5.41) is 27.6. The van der Waals surface area contributed by atoms with Crippen LogP contribution in [-0.4, -0.2) is 64.2 Å². The quantitative estimate of drug-likeness (QED) is 0.0864. The Labute approximate surface area is 235 Å². The molecular weight excluding hydrogens is 578 g/mol. The molecule has 218 valence electrons. The molecule has 0 aliphatic carbocycles. The minimum Gasteiger partial charge on any atom is -0.465 e. The van der Waals surface area contributed by atoms with Crippen molar-refractivity contribution in [2.75, 3.05) is 48.6 Å². The molecule has 0 aliphatic heterocycles. The van der Waals surface area contributed by atoms with Gasteiger partial charge in [0.2, 0.25) is 0 Å². The number of esters is 1. The van der Waals surface area contributed by atoms with Crippen LogP contribution >= 0.6 is 0 Å². The normalized spacial score (nSPS) is 12.2. The van der Waals surface area contributed by atoms with Gasteiger partial charge in [0.05, 0.1) is 47.8 Å². The second kappa shape index (κ2) is 13.3. The van der Waals surface area contributed by atoms with Crippen molar-refractivity contribution in [2.45, 2.75) is 4.90 Å². The van der Waals surface area contributed by atoms with Gasteiger partial charge in [-0.3, -0.25) is 4.55 Å². The van der Waals surface area contributed by atoms with Crippen molar-refractivity contribution < 1.29 is 36.0 Å². The number of azo groups is 2. The number of hydrogen-bond acceptors (Lipinski definition) is 14. The molecule has 7 N–H and O–H groups in total. The highest BCUT2D eigenvalue weighted by atomic mass is 32.2. The van der Waals surface area contributed by atoms with E-state index >= 15 is 0 Å². The number of nitrogens with two attached hydrogens (primary N) is 2. The van der Waals surface area contributed by atoms with Gasteiger partial charge < -0.3 is 26.6 Å². The number of nitrogens with one attached hydrogen (secondary N) is 1. The predicted molar refractivity (Wildman–Crippen MR) is 152 cm³/mol. The average Bonchev–Trinajstić information content (AvgIpc) is 2.92. The first kappa shape index (κ1) is 31.1. The molecule has 3 rings (SSSR count). The number of nitrogens with zero attached hydrogens (tertiary/aromatic N) is 4. The Kier molecular flexibility index (Phi) is 10.1. The second-order valence-corrected chi connectivity index (χ2v) is 12.0. The molecule has 17 heteroatoms. The first-order chi connectivity index (χ1) is 19.4. The topological polar surface area (TPSA) is 249 Å². The maximum absolute atomic E-state index is 12.0. The molecule has 0 fully saturated rings. The standard InChI is InChI=1S/C24H27N7O8S2/c1-39-24(33)17-4-2-3-5-18(17)29-31-23-21(25)19(14-20(22(23)26)41(36,37)38)30-28-16-8-6-15(7-9-16)27-10-12-40(34,35)13-11-32/h2-9,14,27,32H,10-13,25-26H2,1H3,(H,36,37,38)/b30-28+,31-29+. The van der Waals surface area contributed by atoms with Gasteiger partial charge in [0, 0.05) is 12.2 Å². The van der Waals surface area contributed by atoms with Gasteiger partial charge in [-0.2, -0.15) is 13.5 Å². The second-order valence-electron chi connectivity index (χ2n) is 8.30. The van der Waals surface area contributed by atoms with Crippen LogP contribution in [0.4, 0.5) is 39.8 Å². The van der Waals surface area contributed by atoms with Crippen LogP contribution in [0.3, 0.4) is 0 Å². The summed E-state index contributed by atoms with van der Waals surface area (Å²) in [5.74, 6) is -1.16. The molecule has 0 aromatic heterocycles. The van der Waals surface area contributed by atoms with Crippen LogP contribution in [0.25, 0.3) is 0 Å². The Morgan fingerprint density at radius 1 is 0.902 bits per heavy atom. The predicted octanol–water partition coefficient (Wildman–Crippen LogP) is 3.53. The van der Waals surface area contributed by atoms with Crippen molar-refractivity contribution in [2.24, 2.45) is 20.5 Å². The summed E-state index contributed by atoms with van der Waals surface area (Å²) in [4.78, 5) is 11.3. The van der Waals surface area contributed by atoms with E-state index in [9.17, 15) is 26.2 Å². The molecule has 0 radical (unpaired) electrons. The van der Waals surface area contributed by atoms with E-state index in [1.165, 1.54) is 19.2 Å². The molecule has 15 nitrogen and oxygen atoms in total. The van der Waals surface area contributed by atoms with E-state index in [4.69, 9.17) is 21.3 Å². The van der Waals surface area contributed by atoms with Crippen LogP contribution < -0.4 is 16.8 Å². The number of nitrogen functional groups attached to an aromatic ring is 2. The summed E-state index contributed by atoms with van der Waals surface area (Å²) in [6.07, 6.45) is 0. The lowest BCUT2D eigenvalue weighted by Crippen LogP contribution is -2.20. The zero-order valence-corrected chi connectivity index (χ0v) is 23.3. The fraction of sp³-hybridized carbons (Fsp3) is 0.208. The van der Waals surface area contributed by atoms with Gasteiger partial charge in [0.25, 0.3) is 10.1 Å². The molecule has 0 heterocycles. The Balaban J connectivity index is 1.91. The number of carbonyl (C=O) groups excluding carboxylic acids is 1. The van der Waals surface area contributed by atoms with Crippen LogP contribution in [0.15, 0.2) is 79.9 Å². The molecule has 0 saturated carbocycles. The zero-order chi connectivity index (χ0) is 30.2. The van der Waals surface area contributed by atoms with Gasteiger partial charge in [-0.1, -0.05) is 12.1 Å². The molecule has 0 spiro atoms. The molecule has 0 unspecified atom stereocenters. The number of methoxy groups -OCH3 is 1. The third-order valence-electron chi connectivity index (χ3n) is 5.45. The van der Waals surface area contributed by atoms with Crippen LogP contribution in [0, 0.1) is 0 Å². The summed E-state index contributed by atoms with van der Waals surface area (Å²) in [6, 6.07) is 13.3. The zero-order valence-electron chi connectivity index (χ0n) is 21.6.